The molecule has 1 aliphatic rings. The van der Waals surface area contributed by atoms with Gasteiger partial charge >= 0.3 is 0 Å². The number of hydrogen-bond donors (Lipinski definition) is 0. The van der Waals surface area contributed by atoms with E-state index >= 15 is 0 Å². The Hall–Kier alpha value is -4.02. The van der Waals surface area contributed by atoms with Crippen molar-refractivity contribution in [2.24, 2.45) is 0 Å². The third kappa shape index (κ3) is 4.70. The van der Waals surface area contributed by atoms with Gasteiger partial charge in [-0.25, -0.2) is 22.4 Å². The highest BCUT2D eigenvalue weighted by atomic mass is 32.2. The van der Waals surface area contributed by atoms with E-state index in [1.165, 1.54) is 3.97 Å². The Morgan fingerprint density at radius 3 is 2.38 bits per heavy atom. The fraction of sp³-hybridized carbons (Fsp3) is 0.276. The molecule has 0 bridgehead atoms. The highest BCUT2D eigenvalue weighted by Gasteiger charge is 2.24. The molecule has 39 heavy (non-hydrogen) atoms. The van der Waals surface area contributed by atoms with Gasteiger partial charge in [0.05, 0.1) is 23.7 Å². The Morgan fingerprint density at radius 1 is 0.949 bits per heavy atom. The first-order valence-electron chi connectivity index (χ1n) is 12.9. The third-order valence-electron chi connectivity index (χ3n) is 7.41. The standard InChI is InChI=1S/C29H30N6O3S/c1-20-4-7-24(8-5-20)39(36,37)35-19-26(21-6-9-28(38-3)30-17-21)25-16-22(18-31-29(25)35)27-12-15-34(32-27)23-10-13-33(2)14-11-23/h4-9,12,15-19,23H,10-11,13-14H2,1-3H3. The number of benzene rings is 1. The Balaban J connectivity index is 1.46. The van der Waals surface area contributed by atoms with E-state index in [0.29, 0.717) is 28.5 Å². The maximum atomic E-state index is 13.7. The van der Waals surface area contributed by atoms with Crippen LogP contribution in [0.15, 0.2) is 78.2 Å². The van der Waals surface area contributed by atoms with Gasteiger partial charge in [0, 0.05) is 52.9 Å². The van der Waals surface area contributed by atoms with Gasteiger partial charge < -0.3 is 9.64 Å². The highest BCUT2D eigenvalue weighted by molar-refractivity contribution is 7.90. The monoisotopic (exact) mass is 542 g/mol. The minimum absolute atomic E-state index is 0.201. The van der Waals surface area contributed by atoms with Crippen molar-refractivity contribution >= 4 is 21.1 Å². The van der Waals surface area contributed by atoms with E-state index in [1.54, 1.807) is 56.0 Å². The number of likely N-dealkylation sites (tertiary alicyclic amines) is 1. The van der Waals surface area contributed by atoms with Gasteiger partial charge in [0.15, 0.2) is 5.65 Å². The predicted molar refractivity (Wildman–Crippen MR) is 150 cm³/mol. The molecule has 0 radical (unpaired) electrons. The number of pyridine rings is 2. The van der Waals surface area contributed by atoms with Gasteiger partial charge in [0.2, 0.25) is 5.88 Å². The molecule has 0 amide bonds. The molecule has 0 atom stereocenters. The fourth-order valence-electron chi connectivity index (χ4n) is 5.07. The second-order valence-electron chi connectivity index (χ2n) is 10.1. The molecule has 1 fully saturated rings. The van der Waals surface area contributed by atoms with Gasteiger partial charge in [-0.2, -0.15) is 5.10 Å². The summed E-state index contributed by atoms with van der Waals surface area (Å²) in [5.41, 5.74) is 4.42. The molecule has 10 heteroatoms. The van der Waals surface area contributed by atoms with Crippen LogP contribution in [0.3, 0.4) is 0 Å². The van der Waals surface area contributed by atoms with Crippen molar-refractivity contribution < 1.29 is 13.2 Å². The summed E-state index contributed by atoms with van der Waals surface area (Å²) in [5, 5.41) is 5.57. The van der Waals surface area contributed by atoms with Crippen molar-refractivity contribution in [3.63, 3.8) is 0 Å². The van der Waals surface area contributed by atoms with Crippen LogP contribution in [0, 0.1) is 6.92 Å². The summed E-state index contributed by atoms with van der Waals surface area (Å²) < 4.78 is 36.0. The molecule has 0 saturated carbocycles. The molecule has 1 aromatic carbocycles. The molecule has 0 spiro atoms. The van der Waals surface area contributed by atoms with E-state index in [1.807, 2.05) is 36.0 Å². The van der Waals surface area contributed by atoms with Crippen LogP contribution >= 0.6 is 0 Å². The summed E-state index contributed by atoms with van der Waals surface area (Å²) >= 11 is 0. The van der Waals surface area contributed by atoms with E-state index in [-0.39, 0.29) is 4.90 Å². The summed E-state index contributed by atoms with van der Waals surface area (Å²) in [6.45, 7) is 4.03. The molecule has 0 aliphatic carbocycles. The van der Waals surface area contributed by atoms with Crippen LogP contribution in [-0.4, -0.2) is 64.3 Å². The average molecular weight is 543 g/mol. The van der Waals surface area contributed by atoms with Crippen LogP contribution in [0.1, 0.15) is 24.4 Å². The van der Waals surface area contributed by atoms with Crippen LogP contribution < -0.4 is 4.74 Å². The second kappa shape index (κ2) is 9.94. The lowest BCUT2D eigenvalue weighted by Crippen LogP contribution is -2.31. The summed E-state index contributed by atoms with van der Waals surface area (Å²) in [4.78, 5) is 11.5. The number of methoxy groups -OCH3 is 1. The van der Waals surface area contributed by atoms with Crippen molar-refractivity contribution in [1.82, 2.24) is 28.6 Å². The number of ether oxygens (including phenoxy) is 1. The molecular formula is C29H30N6O3S. The van der Waals surface area contributed by atoms with Crippen molar-refractivity contribution in [3.05, 3.63) is 78.9 Å². The molecule has 200 valence electrons. The van der Waals surface area contributed by atoms with E-state index in [9.17, 15) is 8.42 Å². The van der Waals surface area contributed by atoms with E-state index in [4.69, 9.17) is 9.84 Å². The molecule has 5 aromatic rings. The molecule has 4 aromatic heterocycles. The number of fused-ring (bicyclic) bond motifs is 1. The highest BCUT2D eigenvalue weighted by Crippen LogP contribution is 2.35. The topological polar surface area (TPSA) is 95.1 Å². The second-order valence-corrected chi connectivity index (χ2v) is 11.9. The zero-order chi connectivity index (χ0) is 27.1. The minimum Gasteiger partial charge on any atom is -0.481 e. The molecule has 6 rings (SSSR count). The molecule has 9 nitrogen and oxygen atoms in total. The summed E-state index contributed by atoms with van der Waals surface area (Å²) in [6.07, 6.45) is 9.14. The fourth-order valence-corrected chi connectivity index (χ4v) is 6.40. The van der Waals surface area contributed by atoms with Crippen molar-refractivity contribution in [2.45, 2.75) is 30.7 Å². The number of piperidine rings is 1. The first-order chi connectivity index (χ1) is 18.8. The van der Waals surface area contributed by atoms with Gasteiger partial charge in [-0.1, -0.05) is 17.7 Å². The number of aryl methyl sites for hydroxylation is 1. The van der Waals surface area contributed by atoms with Gasteiger partial charge in [0.1, 0.15) is 0 Å². The average Bonchev–Trinajstić information content (AvgIpc) is 3.60. The predicted octanol–water partition coefficient (Wildman–Crippen LogP) is 4.78. The Morgan fingerprint density at radius 2 is 1.69 bits per heavy atom. The number of rotatable bonds is 6. The van der Waals surface area contributed by atoms with Gasteiger partial charge in [-0.15, -0.1) is 0 Å². The Kier molecular flexibility index (Phi) is 6.44. The normalized spacial score (nSPS) is 15.2. The van der Waals surface area contributed by atoms with Gasteiger partial charge in [-0.05, 0) is 70.2 Å². The lowest BCUT2D eigenvalue weighted by atomic mass is 10.1. The number of aromatic nitrogens is 5. The lowest BCUT2D eigenvalue weighted by Gasteiger charge is -2.29. The third-order valence-corrected chi connectivity index (χ3v) is 9.08. The van der Waals surface area contributed by atoms with Crippen LogP contribution in [0.25, 0.3) is 33.4 Å². The summed E-state index contributed by atoms with van der Waals surface area (Å²) in [7, 11) is -0.185. The zero-order valence-electron chi connectivity index (χ0n) is 22.2. The van der Waals surface area contributed by atoms with E-state index < -0.39 is 10.0 Å². The number of hydrogen-bond acceptors (Lipinski definition) is 7. The summed E-state index contributed by atoms with van der Waals surface area (Å²) in [6, 6.07) is 14.8. The van der Waals surface area contributed by atoms with Crippen LogP contribution in [0.5, 0.6) is 5.88 Å². The quantitative estimate of drug-likeness (QED) is 0.305. The molecule has 0 N–H and O–H groups in total. The largest absolute Gasteiger partial charge is 0.481 e. The molecule has 0 unspecified atom stereocenters. The molecular weight excluding hydrogens is 512 g/mol. The molecule has 5 heterocycles. The number of nitrogens with zero attached hydrogens (tertiary/aromatic N) is 6. The van der Waals surface area contributed by atoms with Crippen LogP contribution in [0.4, 0.5) is 0 Å². The Bertz CT molecular complexity index is 1730. The SMILES string of the molecule is COc1ccc(-c2cn(S(=O)(=O)c3ccc(C)cc3)c3ncc(-c4ccn(C5CCN(C)CC5)n4)cc23)cn1. The first kappa shape index (κ1) is 25.3. The van der Waals surface area contributed by atoms with Crippen molar-refractivity contribution in [2.75, 3.05) is 27.2 Å². The van der Waals surface area contributed by atoms with Crippen LogP contribution in [0.2, 0.25) is 0 Å². The summed E-state index contributed by atoms with van der Waals surface area (Å²) in [5.74, 6) is 0.480. The van der Waals surface area contributed by atoms with E-state index in [2.05, 4.69) is 21.9 Å². The molecule has 1 aliphatic heterocycles. The zero-order valence-corrected chi connectivity index (χ0v) is 23.0. The molecule has 1 saturated heterocycles. The van der Waals surface area contributed by atoms with Crippen molar-refractivity contribution in [3.8, 4) is 28.3 Å². The van der Waals surface area contributed by atoms with Gasteiger partial charge in [0.25, 0.3) is 10.0 Å². The van der Waals surface area contributed by atoms with Crippen LogP contribution in [-0.2, 0) is 10.0 Å². The maximum absolute atomic E-state index is 13.7. The maximum Gasteiger partial charge on any atom is 0.269 e. The van der Waals surface area contributed by atoms with Gasteiger partial charge in [-0.3, -0.25) is 4.68 Å². The Labute approximate surface area is 227 Å². The first-order valence-corrected chi connectivity index (χ1v) is 14.4. The minimum atomic E-state index is -3.89. The lowest BCUT2D eigenvalue weighted by molar-refractivity contribution is 0.212. The van der Waals surface area contributed by atoms with Crippen molar-refractivity contribution in [1.29, 1.82) is 0 Å². The smallest absolute Gasteiger partial charge is 0.269 e. The van der Waals surface area contributed by atoms with E-state index in [0.717, 1.165) is 48.3 Å².